The van der Waals surface area contributed by atoms with Gasteiger partial charge in [0, 0.05) is 19.1 Å². The van der Waals surface area contributed by atoms with Gasteiger partial charge < -0.3 is 10.6 Å². The average Bonchev–Trinajstić information content (AvgIpc) is 2.72. The van der Waals surface area contributed by atoms with E-state index in [1.54, 1.807) is 0 Å². The highest BCUT2D eigenvalue weighted by atomic mass is 15.2. The molecule has 2 fully saturated rings. The second-order valence-corrected chi connectivity index (χ2v) is 5.21. The Kier molecular flexibility index (Phi) is 4.00. The van der Waals surface area contributed by atoms with Crippen LogP contribution in [0.5, 0.6) is 0 Å². The van der Waals surface area contributed by atoms with Crippen molar-refractivity contribution in [2.75, 3.05) is 39.8 Å². The van der Waals surface area contributed by atoms with Crippen LogP contribution in [0.3, 0.4) is 0 Å². The molecule has 2 saturated heterocycles. The van der Waals surface area contributed by atoms with Crippen LogP contribution in [-0.2, 0) is 0 Å². The largest absolute Gasteiger partial charge is 0.329 e. The molecule has 2 unspecified atom stereocenters. The molecule has 2 N–H and O–H groups in total. The Morgan fingerprint density at radius 1 is 1.20 bits per heavy atom. The minimum Gasteiger partial charge on any atom is -0.329 e. The molecule has 0 aromatic heterocycles. The highest BCUT2D eigenvalue weighted by Crippen LogP contribution is 2.24. The molecule has 3 nitrogen and oxygen atoms in total. The summed E-state index contributed by atoms with van der Waals surface area (Å²) in [7, 11) is 2.24. The van der Waals surface area contributed by atoms with Crippen molar-refractivity contribution in [3.05, 3.63) is 0 Å². The fourth-order valence-corrected chi connectivity index (χ4v) is 3.23. The number of nitrogens with zero attached hydrogens (tertiary/aromatic N) is 2. The van der Waals surface area contributed by atoms with Crippen molar-refractivity contribution >= 4 is 0 Å². The van der Waals surface area contributed by atoms with Crippen LogP contribution < -0.4 is 5.73 Å². The molecule has 0 aromatic carbocycles. The predicted octanol–water partition coefficient (Wildman–Crippen LogP) is 0.751. The van der Waals surface area contributed by atoms with E-state index >= 15 is 0 Å². The monoisotopic (exact) mass is 211 g/mol. The molecular weight excluding hydrogens is 186 g/mol. The molecule has 3 heteroatoms. The summed E-state index contributed by atoms with van der Waals surface area (Å²) in [6, 6.07) is 0.648. The van der Waals surface area contributed by atoms with Gasteiger partial charge in [-0.15, -0.1) is 0 Å². The summed E-state index contributed by atoms with van der Waals surface area (Å²) in [5, 5.41) is 0. The summed E-state index contributed by atoms with van der Waals surface area (Å²) in [5.74, 6) is 0.812. The third kappa shape index (κ3) is 2.71. The van der Waals surface area contributed by atoms with Crippen LogP contribution in [0.1, 0.15) is 25.7 Å². The second kappa shape index (κ2) is 5.28. The van der Waals surface area contributed by atoms with Crippen molar-refractivity contribution in [1.82, 2.24) is 9.80 Å². The zero-order valence-electron chi connectivity index (χ0n) is 9.99. The minimum atomic E-state index is 0.648. The molecule has 0 spiro atoms. The summed E-state index contributed by atoms with van der Waals surface area (Å²) in [5.41, 5.74) is 5.97. The van der Waals surface area contributed by atoms with Crippen LogP contribution in [-0.4, -0.2) is 55.6 Å². The van der Waals surface area contributed by atoms with Gasteiger partial charge in [0.1, 0.15) is 0 Å². The summed E-state index contributed by atoms with van der Waals surface area (Å²) >= 11 is 0. The van der Waals surface area contributed by atoms with Gasteiger partial charge in [0.15, 0.2) is 0 Å². The number of rotatable bonds is 3. The number of piperidine rings is 1. The van der Waals surface area contributed by atoms with Crippen molar-refractivity contribution in [1.29, 1.82) is 0 Å². The van der Waals surface area contributed by atoms with Gasteiger partial charge in [-0.3, -0.25) is 4.90 Å². The number of nitrogens with two attached hydrogens (primary N) is 1. The van der Waals surface area contributed by atoms with Gasteiger partial charge in [0.25, 0.3) is 0 Å². The molecule has 2 heterocycles. The zero-order valence-corrected chi connectivity index (χ0v) is 9.99. The first-order valence-corrected chi connectivity index (χ1v) is 6.44. The van der Waals surface area contributed by atoms with E-state index in [0.717, 1.165) is 12.5 Å². The lowest BCUT2D eigenvalue weighted by atomic mass is 9.90. The smallest absolute Gasteiger partial charge is 0.0258 e. The van der Waals surface area contributed by atoms with Crippen molar-refractivity contribution in [3.63, 3.8) is 0 Å². The van der Waals surface area contributed by atoms with E-state index in [1.165, 1.54) is 51.9 Å². The lowest BCUT2D eigenvalue weighted by molar-refractivity contribution is 0.109. The molecule has 0 aliphatic carbocycles. The van der Waals surface area contributed by atoms with E-state index in [0.29, 0.717) is 6.04 Å². The molecule has 0 radical (unpaired) electrons. The summed E-state index contributed by atoms with van der Waals surface area (Å²) < 4.78 is 0. The predicted molar refractivity (Wildman–Crippen MR) is 63.9 cm³/mol. The third-order valence-electron chi connectivity index (χ3n) is 4.06. The van der Waals surface area contributed by atoms with Gasteiger partial charge >= 0.3 is 0 Å². The Morgan fingerprint density at radius 3 is 2.53 bits per heavy atom. The summed E-state index contributed by atoms with van der Waals surface area (Å²) in [6.45, 7) is 5.93. The van der Waals surface area contributed by atoms with Crippen LogP contribution in [0.15, 0.2) is 0 Å². The van der Waals surface area contributed by atoms with Crippen LogP contribution in [0, 0.1) is 5.92 Å². The third-order valence-corrected chi connectivity index (χ3v) is 4.06. The van der Waals surface area contributed by atoms with E-state index in [9.17, 15) is 0 Å². The number of likely N-dealkylation sites (tertiary alicyclic amines) is 2. The van der Waals surface area contributed by atoms with Crippen LogP contribution in [0.2, 0.25) is 0 Å². The first-order valence-electron chi connectivity index (χ1n) is 6.44. The fraction of sp³-hybridized carbons (Fsp3) is 1.00. The van der Waals surface area contributed by atoms with Crippen LogP contribution in [0.25, 0.3) is 0 Å². The maximum atomic E-state index is 5.97. The second-order valence-electron chi connectivity index (χ2n) is 5.21. The van der Waals surface area contributed by atoms with Gasteiger partial charge in [-0.25, -0.2) is 0 Å². The van der Waals surface area contributed by atoms with Crippen molar-refractivity contribution in [2.24, 2.45) is 11.7 Å². The Hall–Kier alpha value is -0.120. The topological polar surface area (TPSA) is 32.5 Å². The Balaban J connectivity index is 1.92. The molecule has 2 rings (SSSR count). The molecule has 0 amide bonds. The van der Waals surface area contributed by atoms with Crippen molar-refractivity contribution in [3.8, 4) is 0 Å². The SMILES string of the molecule is CN1CCCC(C(CN)N2CCCC2)C1. The van der Waals surface area contributed by atoms with Crippen molar-refractivity contribution in [2.45, 2.75) is 31.7 Å². The van der Waals surface area contributed by atoms with E-state index in [2.05, 4.69) is 16.8 Å². The maximum absolute atomic E-state index is 5.97. The number of hydrogen-bond acceptors (Lipinski definition) is 3. The maximum Gasteiger partial charge on any atom is 0.0258 e. The fourth-order valence-electron chi connectivity index (χ4n) is 3.23. The molecule has 2 atom stereocenters. The highest BCUT2D eigenvalue weighted by molar-refractivity contribution is 4.86. The molecule has 88 valence electrons. The Labute approximate surface area is 93.6 Å². The first-order chi connectivity index (χ1) is 7.31. The first kappa shape index (κ1) is 11.4. The quantitative estimate of drug-likeness (QED) is 0.748. The standard InChI is InChI=1S/C12H25N3/c1-14-6-4-5-11(10-14)12(9-13)15-7-2-3-8-15/h11-12H,2-10,13H2,1H3. The molecular formula is C12H25N3. The van der Waals surface area contributed by atoms with Crippen molar-refractivity contribution < 1.29 is 0 Å². The van der Waals surface area contributed by atoms with E-state index in [4.69, 9.17) is 5.73 Å². The van der Waals surface area contributed by atoms with Crippen LogP contribution >= 0.6 is 0 Å². The lowest BCUT2D eigenvalue weighted by Gasteiger charge is -2.39. The van der Waals surface area contributed by atoms with Crippen LogP contribution in [0.4, 0.5) is 0 Å². The molecule has 2 aliphatic rings. The van der Waals surface area contributed by atoms with Gasteiger partial charge in [-0.2, -0.15) is 0 Å². The zero-order chi connectivity index (χ0) is 10.7. The van der Waals surface area contributed by atoms with Gasteiger partial charge in [-0.05, 0) is 58.3 Å². The minimum absolute atomic E-state index is 0.648. The lowest BCUT2D eigenvalue weighted by Crippen LogP contribution is -2.49. The summed E-state index contributed by atoms with van der Waals surface area (Å²) in [6.07, 6.45) is 5.48. The molecule has 0 bridgehead atoms. The number of hydrogen-bond donors (Lipinski definition) is 1. The van der Waals surface area contributed by atoms with Gasteiger partial charge in [0.05, 0.1) is 0 Å². The average molecular weight is 211 g/mol. The highest BCUT2D eigenvalue weighted by Gasteiger charge is 2.30. The molecule has 2 aliphatic heterocycles. The molecule has 0 aromatic rings. The van der Waals surface area contributed by atoms with Gasteiger partial charge in [-0.1, -0.05) is 0 Å². The van der Waals surface area contributed by atoms with E-state index in [-0.39, 0.29) is 0 Å². The summed E-state index contributed by atoms with van der Waals surface area (Å²) in [4.78, 5) is 5.09. The van der Waals surface area contributed by atoms with E-state index in [1.807, 2.05) is 0 Å². The van der Waals surface area contributed by atoms with E-state index < -0.39 is 0 Å². The Bertz CT molecular complexity index is 189. The molecule has 0 saturated carbocycles. The molecule has 15 heavy (non-hydrogen) atoms. The normalized spacial score (nSPS) is 32.0. The Morgan fingerprint density at radius 2 is 1.93 bits per heavy atom. The van der Waals surface area contributed by atoms with Gasteiger partial charge in [0.2, 0.25) is 0 Å².